The zero-order valence-corrected chi connectivity index (χ0v) is 8.49. The van der Waals surface area contributed by atoms with Crippen molar-refractivity contribution in [3.05, 3.63) is 35.9 Å². The van der Waals surface area contributed by atoms with Crippen molar-refractivity contribution in [3.63, 3.8) is 0 Å². The normalized spacial score (nSPS) is 19.1. The highest BCUT2D eigenvalue weighted by atomic mass is 16.5. The molecule has 14 heavy (non-hydrogen) atoms. The van der Waals surface area contributed by atoms with Crippen LogP contribution < -0.4 is 4.74 Å². The fraction of sp³-hybridized carbons (Fsp3) is 0.333. The summed E-state index contributed by atoms with van der Waals surface area (Å²) in [6.07, 6.45) is 2.24. The molecule has 0 bridgehead atoms. The number of hydrogen-bond donors (Lipinski definition) is 0. The highest BCUT2D eigenvalue weighted by molar-refractivity contribution is 5.74. The van der Waals surface area contributed by atoms with Crippen LogP contribution in [0.15, 0.2) is 30.3 Å². The molecule has 0 fully saturated rings. The molecule has 2 nitrogen and oxygen atoms in total. The largest absolute Gasteiger partial charge is 0.488 e. The average molecular weight is 190 g/mol. The number of methoxy groups -OCH3 is 1. The van der Waals surface area contributed by atoms with Crippen molar-refractivity contribution >= 4 is 5.57 Å². The topological polar surface area (TPSA) is 18.5 Å². The number of benzene rings is 1. The van der Waals surface area contributed by atoms with E-state index in [0.717, 1.165) is 5.75 Å². The molecule has 2 heteroatoms. The smallest absolute Gasteiger partial charge is 0.127 e. The first-order valence-electron chi connectivity index (χ1n) is 4.77. The number of rotatable bonds is 2. The second-order valence-electron chi connectivity index (χ2n) is 3.42. The Labute approximate surface area is 84.2 Å². The Balaban J connectivity index is 2.30. The monoisotopic (exact) mass is 190 g/mol. The van der Waals surface area contributed by atoms with Gasteiger partial charge >= 0.3 is 0 Å². The molecule has 1 aliphatic heterocycles. The van der Waals surface area contributed by atoms with Crippen LogP contribution in [-0.4, -0.2) is 19.8 Å². The van der Waals surface area contributed by atoms with Gasteiger partial charge in [-0.05, 0) is 24.6 Å². The molecule has 0 saturated carbocycles. The molecule has 74 valence electrons. The number of fused-ring (bicyclic) bond motifs is 1. The van der Waals surface area contributed by atoms with Crippen molar-refractivity contribution in [2.75, 3.05) is 13.7 Å². The molecule has 0 N–H and O–H groups in total. The third-order valence-corrected chi connectivity index (χ3v) is 2.42. The van der Waals surface area contributed by atoms with Crippen molar-refractivity contribution in [2.45, 2.75) is 13.0 Å². The van der Waals surface area contributed by atoms with Gasteiger partial charge in [-0.25, -0.2) is 0 Å². The summed E-state index contributed by atoms with van der Waals surface area (Å²) in [5, 5.41) is 0. The van der Waals surface area contributed by atoms with E-state index >= 15 is 0 Å². The van der Waals surface area contributed by atoms with Gasteiger partial charge in [-0.1, -0.05) is 18.2 Å². The Kier molecular flexibility index (Phi) is 2.55. The second-order valence-corrected chi connectivity index (χ2v) is 3.42. The van der Waals surface area contributed by atoms with E-state index in [9.17, 15) is 0 Å². The van der Waals surface area contributed by atoms with Crippen molar-refractivity contribution < 1.29 is 9.47 Å². The van der Waals surface area contributed by atoms with E-state index in [0.29, 0.717) is 6.61 Å². The number of ether oxygens (including phenoxy) is 2. The lowest BCUT2D eigenvalue weighted by Crippen LogP contribution is -2.01. The maximum absolute atomic E-state index is 5.53. The quantitative estimate of drug-likeness (QED) is 0.713. The van der Waals surface area contributed by atoms with E-state index < -0.39 is 0 Å². The molecule has 1 aliphatic rings. The first kappa shape index (κ1) is 9.28. The molecule has 2 rings (SSSR count). The van der Waals surface area contributed by atoms with E-state index in [4.69, 9.17) is 9.47 Å². The molecular weight excluding hydrogens is 176 g/mol. The van der Waals surface area contributed by atoms with Gasteiger partial charge in [0, 0.05) is 12.7 Å². The summed E-state index contributed by atoms with van der Waals surface area (Å²) in [5.74, 6) is 0.974. The summed E-state index contributed by atoms with van der Waals surface area (Å²) in [6, 6.07) is 8.09. The fourth-order valence-corrected chi connectivity index (χ4v) is 1.58. The van der Waals surface area contributed by atoms with Gasteiger partial charge in [-0.2, -0.15) is 0 Å². The third kappa shape index (κ3) is 1.66. The van der Waals surface area contributed by atoms with Gasteiger partial charge in [0.15, 0.2) is 0 Å². The summed E-state index contributed by atoms with van der Waals surface area (Å²) < 4.78 is 10.7. The van der Waals surface area contributed by atoms with Crippen LogP contribution in [0.5, 0.6) is 5.75 Å². The maximum atomic E-state index is 5.53. The minimum atomic E-state index is 0.139. The van der Waals surface area contributed by atoms with Gasteiger partial charge in [0.05, 0.1) is 6.10 Å². The molecule has 1 atom stereocenters. The van der Waals surface area contributed by atoms with Crippen molar-refractivity contribution in [1.29, 1.82) is 0 Å². The summed E-state index contributed by atoms with van der Waals surface area (Å²) in [6.45, 7) is 2.68. The minimum Gasteiger partial charge on any atom is -0.488 e. The average Bonchev–Trinajstić information content (AvgIpc) is 2.62. The Morgan fingerprint density at radius 3 is 3.00 bits per heavy atom. The summed E-state index contributed by atoms with van der Waals surface area (Å²) in [4.78, 5) is 0. The fourth-order valence-electron chi connectivity index (χ4n) is 1.58. The van der Waals surface area contributed by atoms with Crippen LogP contribution in [0, 0.1) is 0 Å². The molecule has 0 aliphatic carbocycles. The molecule has 0 saturated heterocycles. The van der Waals surface area contributed by atoms with E-state index in [1.54, 1.807) is 7.11 Å². The minimum absolute atomic E-state index is 0.139. The van der Waals surface area contributed by atoms with Crippen molar-refractivity contribution in [2.24, 2.45) is 0 Å². The first-order valence-corrected chi connectivity index (χ1v) is 4.77. The molecule has 0 aromatic heterocycles. The van der Waals surface area contributed by atoms with Crippen molar-refractivity contribution in [1.82, 2.24) is 0 Å². The van der Waals surface area contributed by atoms with Gasteiger partial charge in [-0.15, -0.1) is 0 Å². The van der Waals surface area contributed by atoms with Crippen LogP contribution in [0.4, 0.5) is 0 Å². The van der Waals surface area contributed by atoms with Crippen LogP contribution in [0.1, 0.15) is 12.5 Å². The predicted octanol–water partition coefficient (Wildman–Crippen LogP) is 2.50. The van der Waals surface area contributed by atoms with Gasteiger partial charge in [0.2, 0.25) is 0 Å². The van der Waals surface area contributed by atoms with E-state index in [1.807, 2.05) is 25.1 Å². The maximum Gasteiger partial charge on any atom is 0.127 e. The first-order chi connectivity index (χ1) is 6.81. The Bertz CT molecular complexity index is 355. The Morgan fingerprint density at radius 2 is 2.21 bits per heavy atom. The van der Waals surface area contributed by atoms with Gasteiger partial charge < -0.3 is 9.47 Å². The SMILES string of the molecule is COC(C)/C=C1/COc2ccccc21. The predicted molar refractivity (Wildman–Crippen MR) is 56.4 cm³/mol. The molecule has 1 heterocycles. The lowest BCUT2D eigenvalue weighted by atomic mass is 10.1. The summed E-state index contributed by atoms with van der Waals surface area (Å²) in [5.41, 5.74) is 2.41. The van der Waals surface area contributed by atoms with E-state index in [2.05, 4.69) is 12.1 Å². The number of hydrogen-bond acceptors (Lipinski definition) is 2. The Morgan fingerprint density at radius 1 is 1.43 bits per heavy atom. The zero-order chi connectivity index (χ0) is 9.97. The third-order valence-electron chi connectivity index (χ3n) is 2.42. The zero-order valence-electron chi connectivity index (χ0n) is 8.49. The van der Waals surface area contributed by atoms with Gasteiger partial charge in [-0.3, -0.25) is 0 Å². The molecule has 1 aromatic rings. The van der Waals surface area contributed by atoms with Crippen molar-refractivity contribution in [3.8, 4) is 5.75 Å². The van der Waals surface area contributed by atoms with Crippen LogP contribution in [-0.2, 0) is 4.74 Å². The van der Waals surface area contributed by atoms with E-state index in [-0.39, 0.29) is 6.10 Å². The Hall–Kier alpha value is -1.28. The van der Waals surface area contributed by atoms with Crippen LogP contribution in [0.25, 0.3) is 5.57 Å². The van der Waals surface area contributed by atoms with Crippen LogP contribution in [0.3, 0.4) is 0 Å². The molecule has 0 amide bonds. The highest BCUT2D eigenvalue weighted by Gasteiger charge is 2.16. The summed E-state index contributed by atoms with van der Waals surface area (Å²) >= 11 is 0. The highest BCUT2D eigenvalue weighted by Crippen LogP contribution is 2.32. The molecule has 0 radical (unpaired) electrons. The van der Waals surface area contributed by atoms with Crippen LogP contribution in [0.2, 0.25) is 0 Å². The van der Waals surface area contributed by atoms with Gasteiger partial charge in [0.1, 0.15) is 12.4 Å². The van der Waals surface area contributed by atoms with Crippen LogP contribution >= 0.6 is 0 Å². The second kappa shape index (κ2) is 3.84. The lowest BCUT2D eigenvalue weighted by Gasteiger charge is -2.04. The lowest BCUT2D eigenvalue weighted by molar-refractivity contribution is 0.156. The molecule has 0 spiro atoms. The standard InChI is InChI=1S/C12H14O2/c1-9(13-2)7-10-8-14-12-6-4-3-5-11(10)12/h3-7,9H,8H2,1-2H3/b10-7-. The molecule has 1 aromatic carbocycles. The number of para-hydroxylation sites is 1. The molecule has 1 unspecified atom stereocenters. The molecular formula is C12H14O2. The summed E-state index contributed by atoms with van der Waals surface area (Å²) in [7, 11) is 1.71. The van der Waals surface area contributed by atoms with Gasteiger partial charge in [0.25, 0.3) is 0 Å². The van der Waals surface area contributed by atoms with E-state index in [1.165, 1.54) is 11.1 Å².